The Labute approximate surface area is 145 Å². The van der Waals surface area contributed by atoms with Crippen LogP contribution in [0.25, 0.3) is 0 Å². The normalized spacial score (nSPS) is 11.2. The highest BCUT2D eigenvalue weighted by Crippen LogP contribution is 2.28. The predicted molar refractivity (Wildman–Crippen MR) is 89.1 cm³/mol. The summed E-state index contributed by atoms with van der Waals surface area (Å²) >= 11 is 0. The van der Waals surface area contributed by atoms with Gasteiger partial charge in [0.15, 0.2) is 11.5 Å². The van der Waals surface area contributed by atoms with Crippen molar-refractivity contribution in [3.63, 3.8) is 0 Å². The van der Waals surface area contributed by atoms with Crippen molar-refractivity contribution in [2.75, 3.05) is 13.2 Å². The van der Waals surface area contributed by atoms with Crippen LogP contribution in [0.1, 0.15) is 30.1 Å². The van der Waals surface area contributed by atoms with Gasteiger partial charge in [-0.3, -0.25) is 9.59 Å². The Morgan fingerprint density at radius 2 is 1.96 bits per heavy atom. The van der Waals surface area contributed by atoms with E-state index in [9.17, 15) is 14.4 Å². The highest BCUT2D eigenvalue weighted by Gasteiger charge is 2.22. The SMILES string of the molecule is C=CCOc1ccc(C(=O)N[C@@H](CCC(=O)O)C(=O)O)cc1OCC. The average Bonchev–Trinajstić information content (AvgIpc) is 2.57. The van der Waals surface area contributed by atoms with Crippen LogP contribution in [0.2, 0.25) is 0 Å². The molecule has 0 fully saturated rings. The van der Waals surface area contributed by atoms with Gasteiger partial charge in [0, 0.05) is 12.0 Å². The molecule has 1 rings (SSSR count). The number of carboxylic acids is 2. The largest absolute Gasteiger partial charge is 0.490 e. The van der Waals surface area contributed by atoms with E-state index in [0.717, 1.165) is 0 Å². The van der Waals surface area contributed by atoms with Crippen LogP contribution >= 0.6 is 0 Å². The summed E-state index contributed by atoms with van der Waals surface area (Å²) in [6.45, 7) is 5.94. The topological polar surface area (TPSA) is 122 Å². The number of amides is 1. The van der Waals surface area contributed by atoms with Gasteiger partial charge in [-0.25, -0.2) is 4.79 Å². The lowest BCUT2D eigenvalue weighted by atomic mass is 10.1. The van der Waals surface area contributed by atoms with Crippen molar-refractivity contribution in [1.29, 1.82) is 0 Å². The van der Waals surface area contributed by atoms with Crippen LogP contribution in [0.3, 0.4) is 0 Å². The average molecular weight is 351 g/mol. The van der Waals surface area contributed by atoms with Crippen molar-refractivity contribution >= 4 is 17.8 Å². The Balaban J connectivity index is 2.91. The van der Waals surface area contributed by atoms with E-state index < -0.39 is 23.9 Å². The Kier molecular flexibility index (Phi) is 7.98. The van der Waals surface area contributed by atoms with E-state index >= 15 is 0 Å². The summed E-state index contributed by atoms with van der Waals surface area (Å²) in [5.41, 5.74) is 0.177. The number of nitrogens with one attached hydrogen (secondary N) is 1. The summed E-state index contributed by atoms with van der Waals surface area (Å²) in [7, 11) is 0. The smallest absolute Gasteiger partial charge is 0.326 e. The Bertz CT molecular complexity index is 642. The van der Waals surface area contributed by atoms with Crippen molar-refractivity contribution in [2.24, 2.45) is 0 Å². The molecule has 1 amide bonds. The lowest BCUT2D eigenvalue weighted by Gasteiger charge is -2.15. The zero-order chi connectivity index (χ0) is 18.8. The van der Waals surface area contributed by atoms with Crippen LogP contribution in [-0.2, 0) is 9.59 Å². The zero-order valence-corrected chi connectivity index (χ0v) is 13.9. The molecule has 136 valence electrons. The molecule has 8 heteroatoms. The molecule has 1 aromatic rings. The molecule has 8 nitrogen and oxygen atoms in total. The third-order valence-corrected chi connectivity index (χ3v) is 3.11. The maximum Gasteiger partial charge on any atom is 0.326 e. The first-order valence-corrected chi connectivity index (χ1v) is 7.65. The van der Waals surface area contributed by atoms with E-state index in [0.29, 0.717) is 18.1 Å². The molecule has 0 aliphatic carbocycles. The van der Waals surface area contributed by atoms with E-state index in [1.807, 2.05) is 0 Å². The number of hydrogen-bond acceptors (Lipinski definition) is 5. The minimum atomic E-state index is -1.30. The molecule has 0 aliphatic heterocycles. The number of rotatable bonds is 11. The molecular weight excluding hydrogens is 330 g/mol. The lowest BCUT2D eigenvalue weighted by Crippen LogP contribution is -2.41. The van der Waals surface area contributed by atoms with Crippen molar-refractivity contribution in [3.05, 3.63) is 36.4 Å². The molecule has 0 aromatic heterocycles. The van der Waals surface area contributed by atoms with Crippen molar-refractivity contribution in [1.82, 2.24) is 5.32 Å². The van der Waals surface area contributed by atoms with Crippen LogP contribution < -0.4 is 14.8 Å². The summed E-state index contributed by atoms with van der Waals surface area (Å²) < 4.78 is 10.8. The third kappa shape index (κ3) is 6.54. The van der Waals surface area contributed by atoms with E-state index in [4.69, 9.17) is 19.7 Å². The van der Waals surface area contributed by atoms with E-state index in [1.165, 1.54) is 18.2 Å². The van der Waals surface area contributed by atoms with Crippen LogP contribution in [0.5, 0.6) is 11.5 Å². The second kappa shape index (κ2) is 9.96. The number of benzene rings is 1. The molecule has 25 heavy (non-hydrogen) atoms. The monoisotopic (exact) mass is 351 g/mol. The maximum absolute atomic E-state index is 12.3. The van der Waals surface area contributed by atoms with Gasteiger partial charge < -0.3 is 25.0 Å². The lowest BCUT2D eigenvalue weighted by molar-refractivity contribution is -0.140. The summed E-state index contributed by atoms with van der Waals surface area (Å²) in [4.78, 5) is 34.0. The van der Waals surface area contributed by atoms with Crippen LogP contribution in [0.15, 0.2) is 30.9 Å². The molecule has 1 atom stereocenters. The summed E-state index contributed by atoms with van der Waals surface area (Å²) in [5, 5.41) is 20.1. The molecule has 0 unspecified atom stereocenters. The summed E-state index contributed by atoms with van der Waals surface area (Å²) in [6.07, 6.45) is 0.987. The second-order valence-electron chi connectivity index (χ2n) is 4.99. The van der Waals surface area contributed by atoms with E-state index in [1.54, 1.807) is 13.0 Å². The molecule has 3 N–H and O–H groups in total. The van der Waals surface area contributed by atoms with Gasteiger partial charge in [0.25, 0.3) is 5.91 Å². The fraction of sp³-hybridized carbons (Fsp3) is 0.353. The van der Waals surface area contributed by atoms with Crippen molar-refractivity contribution in [2.45, 2.75) is 25.8 Å². The van der Waals surface area contributed by atoms with Gasteiger partial charge in [-0.2, -0.15) is 0 Å². The van der Waals surface area contributed by atoms with Crippen LogP contribution in [0.4, 0.5) is 0 Å². The number of carbonyl (C=O) groups excluding carboxylic acids is 1. The first-order valence-electron chi connectivity index (χ1n) is 7.65. The van der Waals surface area contributed by atoms with Gasteiger partial charge >= 0.3 is 11.9 Å². The Morgan fingerprint density at radius 1 is 1.24 bits per heavy atom. The second-order valence-corrected chi connectivity index (χ2v) is 4.99. The molecule has 0 aliphatic rings. The van der Waals surface area contributed by atoms with Gasteiger partial charge in [0.05, 0.1) is 6.61 Å². The quantitative estimate of drug-likeness (QED) is 0.519. The van der Waals surface area contributed by atoms with Gasteiger partial charge in [-0.15, -0.1) is 0 Å². The number of aliphatic carboxylic acids is 2. The Morgan fingerprint density at radius 3 is 2.52 bits per heavy atom. The minimum absolute atomic E-state index is 0.177. The fourth-order valence-corrected chi connectivity index (χ4v) is 1.95. The number of hydrogen-bond donors (Lipinski definition) is 3. The van der Waals surface area contributed by atoms with Gasteiger partial charge in [0.2, 0.25) is 0 Å². The molecule has 0 spiro atoms. The molecule has 1 aromatic carbocycles. The first-order chi connectivity index (χ1) is 11.9. The number of carbonyl (C=O) groups is 3. The first kappa shape index (κ1) is 20.0. The predicted octanol–water partition coefficient (Wildman–Crippen LogP) is 1.70. The Hall–Kier alpha value is -3.03. The van der Waals surface area contributed by atoms with Crippen LogP contribution in [-0.4, -0.2) is 47.3 Å². The molecular formula is C17H21NO7. The number of carboxylic acid groups (broad SMARTS) is 2. The molecule has 0 radical (unpaired) electrons. The summed E-state index contributed by atoms with van der Waals surface area (Å²) in [6, 6.07) is 3.15. The summed E-state index contributed by atoms with van der Waals surface area (Å²) in [5.74, 6) is -2.31. The molecule has 0 heterocycles. The van der Waals surface area contributed by atoms with E-state index in [2.05, 4.69) is 11.9 Å². The zero-order valence-electron chi connectivity index (χ0n) is 13.9. The molecule has 0 bridgehead atoms. The molecule has 0 saturated carbocycles. The van der Waals surface area contributed by atoms with E-state index in [-0.39, 0.29) is 25.0 Å². The van der Waals surface area contributed by atoms with Crippen molar-refractivity contribution < 1.29 is 34.1 Å². The standard InChI is InChI=1S/C17H21NO7/c1-3-9-25-13-7-5-11(10-14(13)24-4-2)16(21)18-12(17(22)23)6-8-15(19)20/h3,5,7,10,12H,1,4,6,8-9H2,2H3,(H,18,21)(H,19,20)(H,22,23)/t12-/m0/s1. The van der Waals surface area contributed by atoms with Crippen LogP contribution in [0, 0.1) is 0 Å². The minimum Gasteiger partial charge on any atom is -0.490 e. The van der Waals surface area contributed by atoms with Gasteiger partial charge in [0.1, 0.15) is 12.6 Å². The van der Waals surface area contributed by atoms with Gasteiger partial charge in [-0.1, -0.05) is 12.7 Å². The third-order valence-electron chi connectivity index (χ3n) is 3.11. The highest BCUT2D eigenvalue weighted by atomic mass is 16.5. The van der Waals surface area contributed by atoms with Crippen molar-refractivity contribution in [3.8, 4) is 11.5 Å². The highest BCUT2D eigenvalue weighted by molar-refractivity contribution is 5.97. The molecule has 0 saturated heterocycles. The number of ether oxygens (including phenoxy) is 2. The maximum atomic E-state index is 12.3. The van der Waals surface area contributed by atoms with Gasteiger partial charge in [-0.05, 0) is 31.5 Å². The fourth-order valence-electron chi connectivity index (χ4n) is 1.95.